The van der Waals surface area contributed by atoms with E-state index in [0.717, 1.165) is 0 Å². The largest absolute Gasteiger partial charge is 0.623 e. The number of hydrogen-bond donors (Lipinski definition) is 5. The Labute approximate surface area is 79.7 Å². The van der Waals surface area contributed by atoms with Gasteiger partial charge in [-0.25, -0.2) is 0 Å². The first-order valence-corrected chi connectivity index (χ1v) is 4.12. The molecule has 0 amide bonds. The lowest BCUT2D eigenvalue weighted by Gasteiger charge is -2.18. The van der Waals surface area contributed by atoms with Gasteiger partial charge in [-0.05, 0) is 0 Å². The molecule has 0 fully saturated rings. The molecule has 5 N–H and O–H groups in total. The topological polar surface area (TPSA) is 127 Å². The van der Waals surface area contributed by atoms with Crippen LogP contribution >= 0.6 is 0 Å². The van der Waals surface area contributed by atoms with E-state index in [1.54, 1.807) is 0 Å². The third-order valence-corrected chi connectivity index (χ3v) is 2.31. The Bertz CT molecular complexity index is 242. The molecule has 0 radical (unpaired) electrons. The van der Waals surface area contributed by atoms with Gasteiger partial charge in [0.2, 0.25) is 11.8 Å². The molecule has 0 aromatic rings. The molecule has 1 aliphatic heterocycles. The van der Waals surface area contributed by atoms with Gasteiger partial charge in [0.25, 0.3) is 0 Å². The second-order valence-corrected chi connectivity index (χ2v) is 3.15. The Hall–Kier alpha value is -0.730. The van der Waals surface area contributed by atoms with Crippen LogP contribution in [0.15, 0.2) is 0 Å². The van der Waals surface area contributed by atoms with Gasteiger partial charge >= 0.3 is 0 Å². The van der Waals surface area contributed by atoms with Gasteiger partial charge in [0, 0.05) is 0 Å². The Balaban J connectivity index is 2.92. The zero-order valence-corrected chi connectivity index (χ0v) is 7.32. The average molecular weight is 207 g/mol. The van der Waals surface area contributed by atoms with Crippen LogP contribution in [0, 0.1) is 5.21 Å². The minimum Gasteiger partial charge on any atom is -0.623 e. The summed E-state index contributed by atoms with van der Waals surface area (Å²) in [6, 6.07) is -1.34. The van der Waals surface area contributed by atoms with E-state index in [4.69, 9.17) is 10.2 Å². The van der Waals surface area contributed by atoms with Crippen LogP contribution in [0.5, 0.6) is 0 Å². The molecule has 1 rings (SSSR count). The molecule has 7 heteroatoms. The zero-order valence-electron chi connectivity index (χ0n) is 7.32. The summed E-state index contributed by atoms with van der Waals surface area (Å²) >= 11 is 0. The Morgan fingerprint density at radius 3 is 2.29 bits per heavy atom. The number of nitrogens with zero attached hydrogens (tertiary/aromatic N) is 1. The van der Waals surface area contributed by atoms with E-state index in [0.29, 0.717) is 0 Å². The summed E-state index contributed by atoms with van der Waals surface area (Å²) in [4.78, 5) is 0. The predicted octanol–water partition coefficient (Wildman–Crippen LogP) is -3.61. The van der Waals surface area contributed by atoms with E-state index in [9.17, 15) is 20.5 Å². The average Bonchev–Trinajstić information content (AvgIpc) is 2.38. The normalized spacial score (nSPS) is 35.1. The minimum atomic E-state index is -1.50. The molecular weight excluding hydrogens is 194 g/mol. The van der Waals surface area contributed by atoms with Gasteiger partial charge in [0.15, 0.2) is 12.2 Å². The van der Waals surface area contributed by atoms with E-state index < -0.39 is 37.6 Å². The minimum absolute atomic E-state index is 0.149. The maximum absolute atomic E-state index is 11.3. The van der Waals surface area contributed by atoms with Crippen LogP contribution < -0.4 is 0 Å². The second kappa shape index (κ2) is 4.20. The summed E-state index contributed by atoms with van der Waals surface area (Å²) in [5, 5.41) is 56.4. The molecule has 0 saturated heterocycles. The molecule has 1 heterocycles. The molecule has 14 heavy (non-hydrogen) atoms. The van der Waals surface area contributed by atoms with Crippen molar-refractivity contribution in [2.75, 3.05) is 13.2 Å². The zero-order chi connectivity index (χ0) is 10.9. The van der Waals surface area contributed by atoms with E-state index in [1.807, 2.05) is 0 Å². The third kappa shape index (κ3) is 1.60. The van der Waals surface area contributed by atoms with Gasteiger partial charge in [-0.2, -0.15) is 4.74 Å². The molecule has 0 bridgehead atoms. The van der Waals surface area contributed by atoms with Crippen molar-refractivity contribution in [2.45, 2.75) is 24.4 Å². The highest BCUT2D eigenvalue weighted by Gasteiger charge is 2.49. The summed E-state index contributed by atoms with van der Waals surface area (Å²) in [6.45, 7) is -1.40. The van der Waals surface area contributed by atoms with Gasteiger partial charge in [0.1, 0.15) is 12.7 Å². The van der Waals surface area contributed by atoms with Crippen LogP contribution in [0.4, 0.5) is 0 Å². The summed E-state index contributed by atoms with van der Waals surface area (Å²) in [7, 11) is 0. The Kier molecular flexibility index (Phi) is 3.40. The van der Waals surface area contributed by atoms with Crippen LogP contribution in [0.2, 0.25) is 0 Å². The van der Waals surface area contributed by atoms with Crippen molar-refractivity contribution in [1.29, 1.82) is 0 Å². The highest BCUT2D eigenvalue weighted by atomic mass is 16.5. The van der Waals surface area contributed by atoms with Crippen molar-refractivity contribution in [1.82, 2.24) is 0 Å². The van der Waals surface area contributed by atoms with Crippen molar-refractivity contribution in [3.8, 4) is 0 Å². The lowest BCUT2D eigenvalue weighted by Crippen LogP contribution is -2.44. The fourth-order valence-corrected chi connectivity index (χ4v) is 1.50. The summed E-state index contributed by atoms with van der Waals surface area (Å²) < 4.78 is 0.149. The quantitative estimate of drug-likeness (QED) is 0.240. The van der Waals surface area contributed by atoms with Gasteiger partial charge in [-0.3, -0.25) is 0 Å². The number of rotatable bonds is 3. The molecule has 0 aromatic carbocycles. The lowest BCUT2D eigenvalue weighted by molar-refractivity contribution is -0.516. The van der Waals surface area contributed by atoms with E-state index >= 15 is 0 Å². The number of aliphatic hydroxyl groups excluding tert-OH is 5. The highest BCUT2D eigenvalue weighted by molar-refractivity contribution is 5.87. The standard InChI is InChI=1S/C7H13NO6/c9-1-3-6(12)7(13)5(8(3)14)4(11)2-10/h4-7,9-13H,1-2H2. The van der Waals surface area contributed by atoms with Crippen LogP contribution in [-0.2, 0) is 0 Å². The van der Waals surface area contributed by atoms with Gasteiger partial charge in [-0.1, -0.05) is 0 Å². The van der Waals surface area contributed by atoms with Crippen LogP contribution in [0.3, 0.4) is 0 Å². The lowest BCUT2D eigenvalue weighted by atomic mass is 10.0. The van der Waals surface area contributed by atoms with Crippen molar-refractivity contribution >= 4 is 5.71 Å². The number of aliphatic hydroxyl groups is 5. The highest BCUT2D eigenvalue weighted by Crippen LogP contribution is 2.17. The molecule has 0 saturated carbocycles. The van der Waals surface area contributed by atoms with Crippen molar-refractivity contribution in [3.05, 3.63) is 5.21 Å². The summed E-state index contributed by atoms with van der Waals surface area (Å²) in [5.74, 6) is 0. The first kappa shape index (κ1) is 11.3. The van der Waals surface area contributed by atoms with Gasteiger partial charge in [-0.15, -0.1) is 0 Å². The van der Waals surface area contributed by atoms with Crippen molar-refractivity contribution < 1.29 is 30.3 Å². The maximum Gasteiger partial charge on any atom is 0.221 e. The van der Waals surface area contributed by atoms with Crippen LogP contribution in [-0.4, -0.2) is 73.6 Å². The molecule has 4 unspecified atom stereocenters. The number of hydrogen-bond acceptors (Lipinski definition) is 6. The first-order chi connectivity index (χ1) is 6.54. The monoisotopic (exact) mass is 207 g/mol. The number of hydroxylamine groups is 1. The molecule has 0 spiro atoms. The fraction of sp³-hybridized carbons (Fsp3) is 0.857. The van der Waals surface area contributed by atoms with E-state index in [-0.39, 0.29) is 10.5 Å². The molecule has 0 aliphatic carbocycles. The fourth-order valence-electron chi connectivity index (χ4n) is 1.50. The van der Waals surface area contributed by atoms with Gasteiger partial charge in [0.05, 0.1) is 6.61 Å². The molecule has 0 aromatic heterocycles. The second-order valence-electron chi connectivity index (χ2n) is 3.15. The van der Waals surface area contributed by atoms with Crippen LogP contribution in [0.1, 0.15) is 0 Å². The predicted molar refractivity (Wildman–Crippen MR) is 44.6 cm³/mol. The molecule has 1 aliphatic rings. The Morgan fingerprint density at radius 2 is 1.93 bits per heavy atom. The molecule has 82 valence electrons. The molecule has 4 atom stereocenters. The summed E-state index contributed by atoms with van der Waals surface area (Å²) in [6.07, 6.45) is -4.46. The third-order valence-electron chi connectivity index (χ3n) is 2.31. The van der Waals surface area contributed by atoms with Gasteiger partial charge < -0.3 is 30.7 Å². The smallest absolute Gasteiger partial charge is 0.221 e. The molecular formula is C7H13NO6. The van der Waals surface area contributed by atoms with Crippen molar-refractivity contribution in [2.24, 2.45) is 0 Å². The molecule has 7 nitrogen and oxygen atoms in total. The maximum atomic E-state index is 11.3. The van der Waals surface area contributed by atoms with Crippen molar-refractivity contribution in [3.63, 3.8) is 0 Å². The van der Waals surface area contributed by atoms with E-state index in [1.165, 1.54) is 0 Å². The Morgan fingerprint density at radius 1 is 1.36 bits per heavy atom. The SMILES string of the molecule is [O-][N+]1=C(CO)C(O)C(O)C1C(O)CO. The first-order valence-electron chi connectivity index (χ1n) is 4.12. The van der Waals surface area contributed by atoms with E-state index in [2.05, 4.69) is 0 Å². The van der Waals surface area contributed by atoms with Crippen LogP contribution in [0.25, 0.3) is 0 Å². The summed E-state index contributed by atoms with van der Waals surface area (Å²) in [5.41, 5.74) is -0.310.